The van der Waals surface area contributed by atoms with Gasteiger partial charge in [-0.2, -0.15) is 0 Å². The number of nitrogens with one attached hydrogen (secondary N) is 1. The molecule has 26 heavy (non-hydrogen) atoms. The van der Waals surface area contributed by atoms with E-state index in [0.717, 1.165) is 31.6 Å². The standard InChI is InChI=1S/C18H24N4O3S/c1-15-13-16(21-18(20-15)22-9-5-6-10-22)14-19-26(23,24)12-11-25-17-7-3-2-4-8-17/h2-4,7-8,13,19H,5-6,9-12,14H2,1H3. The number of ether oxygens (including phenoxy) is 1. The van der Waals surface area contributed by atoms with Crippen LogP contribution in [0.1, 0.15) is 24.2 Å². The zero-order chi connectivity index (χ0) is 18.4. The highest BCUT2D eigenvalue weighted by atomic mass is 32.2. The Hall–Kier alpha value is -2.19. The van der Waals surface area contributed by atoms with E-state index < -0.39 is 10.0 Å². The van der Waals surface area contributed by atoms with Gasteiger partial charge in [0.15, 0.2) is 0 Å². The molecule has 0 spiro atoms. The minimum atomic E-state index is -3.44. The lowest BCUT2D eigenvalue weighted by molar-refractivity contribution is 0.340. The second kappa shape index (κ2) is 8.46. The Labute approximate surface area is 154 Å². The van der Waals surface area contributed by atoms with E-state index in [4.69, 9.17) is 4.74 Å². The van der Waals surface area contributed by atoms with Crippen molar-refractivity contribution >= 4 is 16.0 Å². The molecule has 0 atom stereocenters. The summed E-state index contributed by atoms with van der Waals surface area (Å²) in [5.74, 6) is 1.23. The summed E-state index contributed by atoms with van der Waals surface area (Å²) in [6.07, 6.45) is 2.28. The number of para-hydroxylation sites is 1. The van der Waals surface area contributed by atoms with Gasteiger partial charge in [0.05, 0.1) is 18.0 Å². The van der Waals surface area contributed by atoms with E-state index in [1.165, 1.54) is 0 Å². The number of hydrogen-bond donors (Lipinski definition) is 1. The first-order valence-electron chi connectivity index (χ1n) is 8.76. The fourth-order valence-electron chi connectivity index (χ4n) is 2.81. The van der Waals surface area contributed by atoms with Crippen LogP contribution in [0.2, 0.25) is 0 Å². The molecule has 140 valence electrons. The van der Waals surface area contributed by atoms with Crippen molar-refractivity contribution < 1.29 is 13.2 Å². The van der Waals surface area contributed by atoms with Gasteiger partial charge >= 0.3 is 0 Å². The highest BCUT2D eigenvalue weighted by Gasteiger charge is 2.17. The van der Waals surface area contributed by atoms with E-state index >= 15 is 0 Å². The summed E-state index contributed by atoms with van der Waals surface area (Å²) in [4.78, 5) is 11.1. The van der Waals surface area contributed by atoms with Crippen LogP contribution in [-0.4, -0.2) is 43.8 Å². The van der Waals surface area contributed by atoms with Crippen molar-refractivity contribution in [3.63, 3.8) is 0 Å². The van der Waals surface area contributed by atoms with Gasteiger partial charge in [-0.1, -0.05) is 18.2 Å². The van der Waals surface area contributed by atoms with E-state index in [0.29, 0.717) is 17.4 Å². The van der Waals surface area contributed by atoms with Crippen LogP contribution in [0.4, 0.5) is 5.95 Å². The van der Waals surface area contributed by atoms with Crippen molar-refractivity contribution in [3.05, 3.63) is 47.8 Å². The predicted molar refractivity (Wildman–Crippen MR) is 101 cm³/mol. The third-order valence-electron chi connectivity index (χ3n) is 4.12. The van der Waals surface area contributed by atoms with Crippen molar-refractivity contribution in [1.82, 2.24) is 14.7 Å². The van der Waals surface area contributed by atoms with Gasteiger partial charge in [0.1, 0.15) is 12.4 Å². The number of anilines is 1. The molecular formula is C18H24N4O3S. The molecule has 1 aliphatic heterocycles. The predicted octanol–water partition coefficient (Wildman–Crippen LogP) is 1.88. The van der Waals surface area contributed by atoms with Crippen molar-refractivity contribution in [1.29, 1.82) is 0 Å². The van der Waals surface area contributed by atoms with Gasteiger partial charge < -0.3 is 9.64 Å². The average molecular weight is 376 g/mol. The quantitative estimate of drug-likeness (QED) is 0.757. The summed E-state index contributed by atoms with van der Waals surface area (Å²) < 4.78 is 32.4. The smallest absolute Gasteiger partial charge is 0.225 e. The van der Waals surface area contributed by atoms with E-state index in [-0.39, 0.29) is 18.9 Å². The normalized spacial score (nSPS) is 14.6. The van der Waals surface area contributed by atoms with Crippen LogP contribution in [0.25, 0.3) is 0 Å². The van der Waals surface area contributed by atoms with Gasteiger partial charge in [-0.15, -0.1) is 0 Å². The molecule has 1 saturated heterocycles. The molecule has 2 aromatic rings. The second-order valence-corrected chi connectivity index (χ2v) is 8.22. The van der Waals surface area contributed by atoms with E-state index in [1.54, 1.807) is 12.1 Å². The zero-order valence-corrected chi connectivity index (χ0v) is 15.7. The number of aromatic nitrogens is 2. The molecule has 2 heterocycles. The summed E-state index contributed by atoms with van der Waals surface area (Å²) in [5, 5.41) is 0. The van der Waals surface area contributed by atoms with Gasteiger partial charge in [-0.3, -0.25) is 0 Å². The maximum Gasteiger partial charge on any atom is 0.225 e. The van der Waals surface area contributed by atoms with E-state index in [1.807, 2.05) is 31.2 Å². The molecule has 1 fully saturated rings. The fraction of sp³-hybridized carbons (Fsp3) is 0.444. The summed E-state index contributed by atoms with van der Waals surface area (Å²) in [6, 6.07) is 11.0. The SMILES string of the molecule is Cc1cc(CNS(=O)(=O)CCOc2ccccc2)nc(N2CCCC2)n1. The van der Waals surface area contributed by atoms with Crippen molar-refractivity contribution in [3.8, 4) is 5.75 Å². The third-order valence-corrected chi connectivity index (χ3v) is 5.41. The van der Waals surface area contributed by atoms with Crippen molar-refractivity contribution in [2.75, 3.05) is 30.3 Å². The Balaban J connectivity index is 1.53. The highest BCUT2D eigenvalue weighted by Crippen LogP contribution is 2.16. The van der Waals surface area contributed by atoms with Crippen LogP contribution >= 0.6 is 0 Å². The minimum absolute atomic E-state index is 0.0984. The molecule has 1 aromatic heterocycles. The van der Waals surface area contributed by atoms with Crippen molar-refractivity contribution in [2.45, 2.75) is 26.3 Å². The maximum atomic E-state index is 12.2. The molecule has 3 rings (SSSR count). The molecular weight excluding hydrogens is 352 g/mol. The van der Waals surface area contributed by atoms with Gasteiger partial charge in [-0.25, -0.2) is 23.1 Å². The lowest BCUT2D eigenvalue weighted by Gasteiger charge is -2.16. The molecule has 0 aliphatic carbocycles. The molecule has 0 radical (unpaired) electrons. The first-order valence-corrected chi connectivity index (χ1v) is 10.4. The van der Waals surface area contributed by atoms with Gasteiger partial charge in [0.2, 0.25) is 16.0 Å². The topological polar surface area (TPSA) is 84.4 Å². The van der Waals surface area contributed by atoms with Crippen LogP contribution in [0.5, 0.6) is 5.75 Å². The second-order valence-electron chi connectivity index (χ2n) is 6.30. The Morgan fingerprint density at radius 3 is 2.62 bits per heavy atom. The van der Waals surface area contributed by atoms with Crippen LogP contribution in [0.3, 0.4) is 0 Å². The number of hydrogen-bond acceptors (Lipinski definition) is 6. The molecule has 0 saturated carbocycles. The largest absolute Gasteiger partial charge is 0.492 e. The molecule has 0 amide bonds. The fourth-order valence-corrected chi connectivity index (χ4v) is 3.62. The number of sulfonamides is 1. The lowest BCUT2D eigenvalue weighted by Crippen LogP contribution is -2.29. The first kappa shape index (κ1) is 18.6. The minimum Gasteiger partial charge on any atom is -0.492 e. The van der Waals surface area contributed by atoms with Crippen molar-refractivity contribution in [2.24, 2.45) is 0 Å². The lowest BCUT2D eigenvalue weighted by atomic mass is 10.3. The molecule has 1 aliphatic rings. The maximum absolute atomic E-state index is 12.2. The van der Waals surface area contributed by atoms with Crippen LogP contribution in [0, 0.1) is 6.92 Å². The molecule has 8 heteroatoms. The van der Waals surface area contributed by atoms with Gasteiger partial charge in [0.25, 0.3) is 0 Å². The Morgan fingerprint density at radius 2 is 1.88 bits per heavy atom. The summed E-state index contributed by atoms with van der Waals surface area (Å²) in [5.41, 5.74) is 1.51. The number of rotatable bonds is 8. The molecule has 0 bridgehead atoms. The van der Waals surface area contributed by atoms with E-state index in [9.17, 15) is 8.42 Å². The summed E-state index contributed by atoms with van der Waals surface area (Å²) in [6.45, 7) is 4.04. The number of nitrogens with zero attached hydrogens (tertiary/aromatic N) is 3. The summed E-state index contributed by atoms with van der Waals surface area (Å²) >= 11 is 0. The number of benzene rings is 1. The van der Waals surface area contributed by atoms with Gasteiger partial charge in [-0.05, 0) is 38.0 Å². The average Bonchev–Trinajstić information content (AvgIpc) is 3.15. The monoisotopic (exact) mass is 376 g/mol. The highest BCUT2D eigenvalue weighted by molar-refractivity contribution is 7.89. The molecule has 1 aromatic carbocycles. The Morgan fingerprint density at radius 1 is 1.15 bits per heavy atom. The number of aryl methyl sites for hydroxylation is 1. The Kier molecular flexibility index (Phi) is 6.05. The van der Waals surface area contributed by atoms with Crippen LogP contribution < -0.4 is 14.4 Å². The molecule has 1 N–H and O–H groups in total. The third kappa shape index (κ3) is 5.40. The first-order chi connectivity index (χ1) is 12.5. The molecule has 7 nitrogen and oxygen atoms in total. The van der Waals surface area contributed by atoms with Crippen LogP contribution in [0.15, 0.2) is 36.4 Å². The van der Waals surface area contributed by atoms with E-state index in [2.05, 4.69) is 19.6 Å². The Bertz CT molecular complexity index is 822. The van der Waals surface area contributed by atoms with Gasteiger partial charge in [0, 0.05) is 18.8 Å². The molecule has 0 unspecified atom stereocenters. The van der Waals surface area contributed by atoms with Crippen LogP contribution in [-0.2, 0) is 16.6 Å². The zero-order valence-electron chi connectivity index (χ0n) is 14.9. The summed E-state index contributed by atoms with van der Waals surface area (Å²) in [7, 11) is -3.44.